The van der Waals surface area contributed by atoms with Crippen LogP contribution in [0.2, 0.25) is 5.02 Å². The maximum absolute atomic E-state index is 13.4. The monoisotopic (exact) mass is 444 g/mol. The fraction of sp³-hybridized carbons (Fsp3) is 0.381. The van der Waals surface area contributed by atoms with Crippen LogP contribution >= 0.6 is 11.6 Å². The molecule has 0 aromatic heterocycles. The number of nitrogens with one attached hydrogen (secondary N) is 2. The minimum atomic E-state index is -4.58. The fourth-order valence-corrected chi connectivity index (χ4v) is 3.01. The predicted octanol–water partition coefficient (Wildman–Crippen LogP) is 4.20. The van der Waals surface area contributed by atoms with Gasteiger partial charge in [-0.1, -0.05) is 29.8 Å². The molecule has 0 amide bonds. The molecule has 30 heavy (non-hydrogen) atoms. The summed E-state index contributed by atoms with van der Waals surface area (Å²) < 4.78 is 44.8. The second kappa shape index (κ2) is 10.7. The second-order valence-corrected chi connectivity index (χ2v) is 7.33. The van der Waals surface area contributed by atoms with E-state index in [0.29, 0.717) is 10.6 Å². The van der Waals surface area contributed by atoms with E-state index in [9.17, 15) is 23.1 Å². The maximum Gasteiger partial charge on any atom is 0.418 e. The number of rotatable bonds is 9. The first kappa shape index (κ1) is 24.0. The molecule has 0 bridgehead atoms. The van der Waals surface area contributed by atoms with Crippen LogP contribution in [0.5, 0.6) is 0 Å². The molecule has 0 heterocycles. The van der Waals surface area contributed by atoms with Gasteiger partial charge in [0.15, 0.2) is 0 Å². The molecule has 5 nitrogen and oxygen atoms in total. The molecule has 0 spiro atoms. The van der Waals surface area contributed by atoms with Gasteiger partial charge in [-0.05, 0) is 42.3 Å². The first-order valence-electron chi connectivity index (χ1n) is 9.28. The molecular weight excluding hydrogens is 421 g/mol. The van der Waals surface area contributed by atoms with Crippen LogP contribution in [0.1, 0.15) is 29.7 Å². The molecule has 0 radical (unpaired) electrons. The number of alkyl halides is 3. The summed E-state index contributed by atoms with van der Waals surface area (Å²) in [5.74, 6) is -0.611. The second-order valence-electron chi connectivity index (χ2n) is 6.89. The number of hydrogen-bond acceptors (Lipinski definition) is 5. The highest BCUT2D eigenvalue weighted by atomic mass is 35.5. The molecule has 2 rings (SSSR count). The van der Waals surface area contributed by atoms with Crippen molar-refractivity contribution in [3.8, 4) is 0 Å². The number of aliphatic hydroxyl groups excluding tert-OH is 1. The van der Waals surface area contributed by atoms with Gasteiger partial charge in [-0.2, -0.15) is 13.2 Å². The Labute approximate surface area is 178 Å². The SMILES string of the molecule is COC(=O)Cc1ccc(NCC(C)NCC(O)c2cccc(Cl)c2)c(C(F)(F)F)c1. The molecule has 0 saturated heterocycles. The first-order chi connectivity index (χ1) is 14.1. The van der Waals surface area contributed by atoms with E-state index in [1.807, 2.05) is 0 Å². The minimum Gasteiger partial charge on any atom is -0.469 e. The molecule has 0 fully saturated rings. The number of carbonyl (C=O) groups excluding carboxylic acids is 1. The summed E-state index contributed by atoms with van der Waals surface area (Å²) in [6, 6.07) is 10.3. The number of ether oxygens (including phenoxy) is 1. The average Bonchev–Trinajstić information content (AvgIpc) is 2.70. The summed E-state index contributed by atoms with van der Waals surface area (Å²) in [5, 5.41) is 16.6. The van der Waals surface area contributed by atoms with Crippen molar-refractivity contribution in [2.45, 2.75) is 31.7 Å². The van der Waals surface area contributed by atoms with Crippen molar-refractivity contribution in [2.75, 3.05) is 25.5 Å². The van der Waals surface area contributed by atoms with E-state index in [1.54, 1.807) is 31.2 Å². The molecule has 2 aromatic rings. The van der Waals surface area contributed by atoms with E-state index in [1.165, 1.54) is 19.2 Å². The Balaban J connectivity index is 1.97. The minimum absolute atomic E-state index is 0.0832. The molecule has 3 N–H and O–H groups in total. The highest BCUT2D eigenvalue weighted by Gasteiger charge is 2.34. The van der Waals surface area contributed by atoms with Crippen LogP contribution in [-0.2, 0) is 22.1 Å². The lowest BCUT2D eigenvalue weighted by Crippen LogP contribution is -2.35. The average molecular weight is 445 g/mol. The molecule has 9 heteroatoms. The highest BCUT2D eigenvalue weighted by Crippen LogP contribution is 2.35. The zero-order valence-corrected chi connectivity index (χ0v) is 17.3. The molecule has 2 aromatic carbocycles. The van der Waals surface area contributed by atoms with Gasteiger partial charge in [0.05, 0.1) is 25.2 Å². The first-order valence-corrected chi connectivity index (χ1v) is 9.65. The maximum atomic E-state index is 13.4. The van der Waals surface area contributed by atoms with Crippen LogP contribution in [0.25, 0.3) is 0 Å². The smallest absolute Gasteiger partial charge is 0.418 e. The van der Waals surface area contributed by atoms with E-state index in [0.717, 1.165) is 6.07 Å². The highest BCUT2D eigenvalue weighted by molar-refractivity contribution is 6.30. The van der Waals surface area contributed by atoms with Gasteiger partial charge >= 0.3 is 12.1 Å². The van der Waals surface area contributed by atoms with Gasteiger partial charge in [-0.3, -0.25) is 4.79 Å². The summed E-state index contributed by atoms with van der Waals surface area (Å²) in [6.07, 6.45) is -5.61. The lowest BCUT2D eigenvalue weighted by molar-refractivity contribution is -0.140. The third-order valence-corrected chi connectivity index (χ3v) is 4.69. The van der Waals surface area contributed by atoms with Crippen LogP contribution in [0.15, 0.2) is 42.5 Å². The Morgan fingerprint density at radius 2 is 1.93 bits per heavy atom. The Morgan fingerprint density at radius 1 is 1.20 bits per heavy atom. The molecule has 2 atom stereocenters. The van der Waals surface area contributed by atoms with E-state index in [4.69, 9.17) is 11.6 Å². The van der Waals surface area contributed by atoms with Crippen LogP contribution in [0.3, 0.4) is 0 Å². The molecular formula is C21H24ClF3N2O3. The Hall–Kier alpha value is -2.29. The Morgan fingerprint density at radius 3 is 2.57 bits per heavy atom. The summed E-state index contributed by atoms with van der Waals surface area (Å²) in [6.45, 7) is 2.20. The Kier molecular flexibility index (Phi) is 8.52. The lowest BCUT2D eigenvalue weighted by Gasteiger charge is -2.21. The fourth-order valence-electron chi connectivity index (χ4n) is 2.81. The van der Waals surface area contributed by atoms with Crippen LogP contribution in [-0.4, -0.2) is 37.3 Å². The van der Waals surface area contributed by atoms with Crippen LogP contribution < -0.4 is 10.6 Å². The van der Waals surface area contributed by atoms with E-state index in [2.05, 4.69) is 15.4 Å². The summed E-state index contributed by atoms with van der Waals surface area (Å²) >= 11 is 5.91. The van der Waals surface area contributed by atoms with E-state index >= 15 is 0 Å². The molecule has 0 aliphatic carbocycles. The number of halogens is 4. The number of aliphatic hydroxyl groups is 1. The third-order valence-electron chi connectivity index (χ3n) is 4.46. The van der Waals surface area contributed by atoms with Crippen molar-refractivity contribution in [3.05, 3.63) is 64.2 Å². The number of benzene rings is 2. The lowest BCUT2D eigenvalue weighted by atomic mass is 10.1. The van der Waals surface area contributed by atoms with Gasteiger partial charge < -0.3 is 20.5 Å². The molecule has 0 aliphatic rings. The van der Waals surface area contributed by atoms with Crippen molar-refractivity contribution in [2.24, 2.45) is 0 Å². The molecule has 164 valence electrons. The third kappa shape index (κ3) is 7.19. The number of anilines is 1. The molecule has 2 unspecified atom stereocenters. The van der Waals surface area contributed by atoms with Crippen LogP contribution in [0.4, 0.5) is 18.9 Å². The quantitative estimate of drug-likeness (QED) is 0.506. The summed E-state index contributed by atoms with van der Waals surface area (Å²) in [5.41, 5.74) is -0.0681. The van der Waals surface area contributed by atoms with Crippen molar-refractivity contribution in [3.63, 3.8) is 0 Å². The van der Waals surface area contributed by atoms with Crippen LogP contribution in [0, 0.1) is 0 Å². The summed E-state index contributed by atoms with van der Waals surface area (Å²) in [7, 11) is 1.18. The van der Waals surface area contributed by atoms with Gasteiger partial charge in [0.1, 0.15) is 0 Å². The van der Waals surface area contributed by atoms with Crippen molar-refractivity contribution in [1.29, 1.82) is 0 Å². The molecule has 0 saturated carbocycles. The van der Waals surface area contributed by atoms with E-state index in [-0.39, 0.29) is 36.8 Å². The normalized spacial score (nSPS) is 13.6. The van der Waals surface area contributed by atoms with Crippen molar-refractivity contribution >= 4 is 23.3 Å². The standard InChI is InChI=1S/C21H24ClF3N2O3/c1-13(26-12-19(28)15-4-3-5-16(22)10-15)11-27-18-7-6-14(9-20(29)30-2)8-17(18)21(23,24)25/h3-8,10,13,19,26-28H,9,11-12H2,1-2H3. The van der Waals surface area contributed by atoms with Gasteiger partial charge in [-0.25, -0.2) is 0 Å². The zero-order valence-electron chi connectivity index (χ0n) is 16.6. The van der Waals surface area contributed by atoms with Crippen molar-refractivity contribution < 1.29 is 27.8 Å². The van der Waals surface area contributed by atoms with Gasteiger partial charge in [0, 0.05) is 29.8 Å². The Bertz CT molecular complexity index is 862. The number of carbonyl (C=O) groups is 1. The molecule has 0 aliphatic heterocycles. The van der Waals surface area contributed by atoms with E-state index < -0.39 is 23.8 Å². The topological polar surface area (TPSA) is 70.6 Å². The number of hydrogen-bond donors (Lipinski definition) is 3. The van der Waals surface area contributed by atoms with Gasteiger partial charge in [-0.15, -0.1) is 0 Å². The van der Waals surface area contributed by atoms with Gasteiger partial charge in [0.25, 0.3) is 0 Å². The summed E-state index contributed by atoms with van der Waals surface area (Å²) in [4.78, 5) is 11.3. The van der Waals surface area contributed by atoms with Gasteiger partial charge in [0.2, 0.25) is 0 Å². The largest absolute Gasteiger partial charge is 0.469 e. The predicted molar refractivity (Wildman–Crippen MR) is 110 cm³/mol. The zero-order chi connectivity index (χ0) is 22.3. The number of methoxy groups -OCH3 is 1. The van der Waals surface area contributed by atoms with Crippen molar-refractivity contribution in [1.82, 2.24) is 5.32 Å². The number of esters is 1.